The third-order valence-corrected chi connectivity index (χ3v) is 6.64. The molecule has 10 nitrogen and oxygen atoms in total. The molecular formula is C26H29N5O5. The molecule has 0 bridgehead atoms. The molecule has 5 rings (SSSR count). The molecular weight excluding hydrogens is 462 g/mol. The molecule has 1 aliphatic heterocycles. The van der Waals surface area contributed by atoms with E-state index in [1.807, 2.05) is 24.0 Å². The summed E-state index contributed by atoms with van der Waals surface area (Å²) in [5.74, 6) is -0.784. The highest BCUT2D eigenvalue weighted by atomic mass is 16.6. The Morgan fingerprint density at radius 2 is 1.97 bits per heavy atom. The second-order valence-electron chi connectivity index (χ2n) is 10.6. The molecule has 10 heteroatoms. The van der Waals surface area contributed by atoms with Crippen LogP contribution in [0, 0.1) is 12.8 Å². The summed E-state index contributed by atoms with van der Waals surface area (Å²) in [7, 11) is 0. The van der Waals surface area contributed by atoms with E-state index in [1.54, 1.807) is 33.0 Å². The fraction of sp³-hybridized carbons (Fsp3) is 0.423. The van der Waals surface area contributed by atoms with Crippen LogP contribution in [0.15, 0.2) is 24.4 Å². The number of carboxylic acid groups (broad SMARTS) is 1. The number of amides is 2. The normalized spacial score (nSPS) is 16.2. The quantitative estimate of drug-likeness (QED) is 0.538. The van der Waals surface area contributed by atoms with Crippen LogP contribution in [0.4, 0.5) is 10.6 Å². The van der Waals surface area contributed by atoms with E-state index >= 15 is 0 Å². The largest absolute Gasteiger partial charge is 0.477 e. The third-order valence-electron chi connectivity index (χ3n) is 6.64. The Bertz CT molecular complexity index is 1420. The van der Waals surface area contributed by atoms with E-state index in [-0.39, 0.29) is 29.0 Å². The number of carbonyl (C=O) groups is 3. The summed E-state index contributed by atoms with van der Waals surface area (Å²) >= 11 is 0. The molecule has 3 aromatic rings. The van der Waals surface area contributed by atoms with Crippen molar-refractivity contribution in [2.45, 2.75) is 65.6 Å². The minimum absolute atomic E-state index is 0.0682. The zero-order valence-electron chi connectivity index (χ0n) is 21.0. The first kappa shape index (κ1) is 23.8. The molecule has 188 valence electrons. The van der Waals surface area contributed by atoms with Crippen molar-refractivity contribution in [1.29, 1.82) is 0 Å². The molecule has 2 N–H and O–H groups in total. The molecule has 1 saturated carbocycles. The number of hydrogen-bond acceptors (Lipinski definition) is 6. The van der Waals surface area contributed by atoms with Gasteiger partial charge in [-0.3, -0.25) is 10.1 Å². The monoisotopic (exact) mass is 491 g/mol. The molecule has 2 aliphatic rings. The summed E-state index contributed by atoms with van der Waals surface area (Å²) in [6, 6.07) is 5.79. The van der Waals surface area contributed by atoms with Crippen LogP contribution in [-0.4, -0.2) is 54.2 Å². The molecule has 1 fully saturated rings. The van der Waals surface area contributed by atoms with Gasteiger partial charge in [-0.05, 0) is 82.7 Å². The Labute approximate surface area is 208 Å². The Morgan fingerprint density at radius 1 is 1.25 bits per heavy atom. The molecule has 2 amide bonds. The van der Waals surface area contributed by atoms with Crippen molar-refractivity contribution >= 4 is 29.4 Å². The summed E-state index contributed by atoms with van der Waals surface area (Å²) in [5, 5.41) is 16.5. The summed E-state index contributed by atoms with van der Waals surface area (Å²) < 4.78 is 6.54. The van der Waals surface area contributed by atoms with Gasteiger partial charge in [-0.2, -0.15) is 0 Å². The Kier molecular flexibility index (Phi) is 5.50. The van der Waals surface area contributed by atoms with Crippen LogP contribution < -0.4 is 5.32 Å². The van der Waals surface area contributed by atoms with Crippen LogP contribution in [0.3, 0.4) is 0 Å². The molecule has 1 atom stereocenters. The third kappa shape index (κ3) is 4.27. The van der Waals surface area contributed by atoms with Crippen LogP contribution in [0.2, 0.25) is 0 Å². The van der Waals surface area contributed by atoms with Crippen LogP contribution in [0.1, 0.15) is 72.4 Å². The Morgan fingerprint density at radius 3 is 2.61 bits per heavy atom. The minimum Gasteiger partial charge on any atom is -0.477 e. The van der Waals surface area contributed by atoms with E-state index in [9.17, 15) is 19.5 Å². The van der Waals surface area contributed by atoms with E-state index < -0.39 is 17.7 Å². The summed E-state index contributed by atoms with van der Waals surface area (Å²) in [4.78, 5) is 43.9. The topological polar surface area (TPSA) is 126 Å². The van der Waals surface area contributed by atoms with Crippen LogP contribution >= 0.6 is 0 Å². The van der Waals surface area contributed by atoms with E-state index in [4.69, 9.17) is 4.74 Å². The maximum atomic E-state index is 13.1. The van der Waals surface area contributed by atoms with Crippen molar-refractivity contribution in [3.63, 3.8) is 0 Å². The molecule has 0 spiro atoms. The molecule has 1 aromatic carbocycles. The Balaban J connectivity index is 1.50. The minimum atomic E-state index is -1.28. The standard InChI is InChI=1S/C26H29N5O5/c1-13-10-16(11-17-12-30(23(32)19(13)17)14(2)15-6-7-15)18-8-9-31-22(27-18)20(24(33)34)21(29-31)28-25(35)36-26(3,4)5/h8-11,14-15H,6-7,12H2,1-5H3,(H,33,34)(H,28,29,35)/t14-/m0/s1. The Hall–Kier alpha value is -3.95. The van der Waals surface area contributed by atoms with Gasteiger partial charge in [0.25, 0.3) is 5.91 Å². The van der Waals surface area contributed by atoms with Gasteiger partial charge in [0, 0.05) is 29.9 Å². The van der Waals surface area contributed by atoms with E-state index in [2.05, 4.69) is 22.3 Å². The molecule has 0 unspecified atom stereocenters. The lowest BCUT2D eigenvalue weighted by molar-refractivity contribution is 0.0634. The summed E-state index contributed by atoms with van der Waals surface area (Å²) in [6.45, 7) is 9.71. The molecule has 36 heavy (non-hydrogen) atoms. The predicted octanol–water partition coefficient (Wildman–Crippen LogP) is 4.50. The van der Waals surface area contributed by atoms with Crippen molar-refractivity contribution in [2.24, 2.45) is 5.92 Å². The fourth-order valence-corrected chi connectivity index (χ4v) is 4.77. The lowest BCUT2D eigenvalue weighted by Crippen LogP contribution is -2.34. The highest BCUT2D eigenvalue weighted by molar-refractivity contribution is 6.03. The first-order valence-electron chi connectivity index (χ1n) is 12.0. The summed E-state index contributed by atoms with van der Waals surface area (Å²) in [5.41, 5.74) is 2.97. The number of ether oxygens (including phenoxy) is 1. The van der Waals surface area contributed by atoms with E-state index in [0.717, 1.165) is 35.1 Å². The smallest absolute Gasteiger partial charge is 0.413 e. The molecule has 0 radical (unpaired) electrons. The molecule has 1 aliphatic carbocycles. The zero-order chi connectivity index (χ0) is 25.9. The first-order valence-corrected chi connectivity index (χ1v) is 12.0. The lowest BCUT2D eigenvalue weighted by atomic mass is 9.98. The number of carboxylic acids is 1. The van der Waals surface area contributed by atoms with Crippen molar-refractivity contribution in [3.05, 3.63) is 46.6 Å². The van der Waals surface area contributed by atoms with Crippen molar-refractivity contribution in [2.75, 3.05) is 5.32 Å². The van der Waals surface area contributed by atoms with Gasteiger partial charge >= 0.3 is 12.1 Å². The van der Waals surface area contributed by atoms with Gasteiger partial charge in [-0.25, -0.2) is 19.1 Å². The van der Waals surface area contributed by atoms with Crippen LogP contribution in [0.25, 0.3) is 16.9 Å². The van der Waals surface area contributed by atoms with Crippen molar-refractivity contribution in [1.82, 2.24) is 19.5 Å². The lowest BCUT2D eigenvalue weighted by Gasteiger charge is -2.24. The van der Waals surface area contributed by atoms with Gasteiger partial charge in [0.2, 0.25) is 0 Å². The number of fused-ring (bicyclic) bond motifs is 2. The number of rotatable bonds is 5. The van der Waals surface area contributed by atoms with E-state index in [1.165, 1.54) is 4.52 Å². The number of aryl methyl sites for hydroxylation is 1. The number of anilines is 1. The number of aromatic nitrogens is 3. The average Bonchev–Trinajstić information content (AvgIpc) is 3.48. The number of nitrogens with one attached hydrogen (secondary N) is 1. The highest BCUT2D eigenvalue weighted by Gasteiger charge is 2.39. The zero-order valence-corrected chi connectivity index (χ0v) is 21.0. The highest BCUT2D eigenvalue weighted by Crippen LogP contribution is 2.39. The maximum absolute atomic E-state index is 13.1. The number of nitrogens with zero attached hydrogens (tertiary/aromatic N) is 4. The molecule has 2 aromatic heterocycles. The SMILES string of the molecule is Cc1cc(-c2ccn3nc(NC(=O)OC(C)(C)C)c(C(=O)O)c3n2)cc2c1C(=O)N([C@@H](C)C1CC1)C2. The number of aromatic carboxylic acids is 1. The van der Waals surface area contributed by atoms with Gasteiger partial charge in [0.15, 0.2) is 11.5 Å². The molecule has 3 heterocycles. The fourth-order valence-electron chi connectivity index (χ4n) is 4.77. The van der Waals surface area contributed by atoms with Crippen molar-refractivity contribution in [3.8, 4) is 11.3 Å². The number of carbonyl (C=O) groups excluding carboxylic acids is 2. The number of hydrogen-bond donors (Lipinski definition) is 2. The first-order chi connectivity index (χ1) is 16.9. The van der Waals surface area contributed by atoms with Crippen molar-refractivity contribution < 1.29 is 24.2 Å². The second-order valence-corrected chi connectivity index (χ2v) is 10.6. The summed E-state index contributed by atoms with van der Waals surface area (Å²) in [6.07, 6.45) is 3.12. The van der Waals surface area contributed by atoms with Crippen LogP contribution in [0.5, 0.6) is 0 Å². The molecule has 0 saturated heterocycles. The van der Waals surface area contributed by atoms with Crippen LogP contribution in [-0.2, 0) is 11.3 Å². The van der Waals surface area contributed by atoms with Gasteiger partial charge in [-0.1, -0.05) is 0 Å². The maximum Gasteiger partial charge on any atom is 0.413 e. The average molecular weight is 492 g/mol. The predicted molar refractivity (Wildman–Crippen MR) is 132 cm³/mol. The second kappa shape index (κ2) is 8.32. The van der Waals surface area contributed by atoms with Gasteiger partial charge in [-0.15, -0.1) is 5.10 Å². The van der Waals surface area contributed by atoms with E-state index in [0.29, 0.717) is 18.2 Å². The van der Waals surface area contributed by atoms with Gasteiger partial charge in [0.1, 0.15) is 11.2 Å². The van der Waals surface area contributed by atoms with Gasteiger partial charge < -0.3 is 14.7 Å². The number of benzene rings is 1. The van der Waals surface area contributed by atoms with Gasteiger partial charge in [0.05, 0.1) is 5.69 Å².